The average Bonchev–Trinajstić information content (AvgIpc) is 3.15. The van der Waals surface area contributed by atoms with Crippen LogP contribution in [0.2, 0.25) is 0 Å². The van der Waals surface area contributed by atoms with E-state index in [0.29, 0.717) is 24.6 Å². The van der Waals surface area contributed by atoms with Crippen molar-refractivity contribution in [3.8, 4) is 11.4 Å². The molecule has 0 spiro atoms. The van der Waals surface area contributed by atoms with Crippen LogP contribution in [0.15, 0.2) is 48.5 Å². The van der Waals surface area contributed by atoms with Crippen molar-refractivity contribution < 1.29 is 13.9 Å². The van der Waals surface area contributed by atoms with Gasteiger partial charge in [-0.3, -0.25) is 4.79 Å². The van der Waals surface area contributed by atoms with Gasteiger partial charge in [0.15, 0.2) is 0 Å². The van der Waals surface area contributed by atoms with E-state index in [9.17, 15) is 9.18 Å². The predicted octanol–water partition coefficient (Wildman–Crippen LogP) is 4.66. The Hall–Kier alpha value is -3.15. The third-order valence-corrected chi connectivity index (χ3v) is 5.80. The SMILES string of the molecule is COc1cc(F)ccc1C(=O)N1CCC(c2cc(C)nn2-c2ccccc2C)CC1. The molecular weight excluding hydrogens is 381 g/mol. The molecule has 0 aliphatic carbocycles. The number of carbonyl (C=O) groups is 1. The van der Waals surface area contributed by atoms with Crippen molar-refractivity contribution in [1.82, 2.24) is 14.7 Å². The van der Waals surface area contributed by atoms with Crippen molar-refractivity contribution in [3.63, 3.8) is 0 Å². The summed E-state index contributed by atoms with van der Waals surface area (Å²) >= 11 is 0. The Morgan fingerprint density at radius 3 is 2.53 bits per heavy atom. The van der Waals surface area contributed by atoms with Crippen LogP contribution in [0.5, 0.6) is 5.75 Å². The fourth-order valence-electron chi connectivity index (χ4n) is 4.19. The molecule has 1 fully saturated rings. The number of aryl methyl sites for hydroxylation is 2. The lowest BCUT2D eigenvalue weighted by molar-refractivity contribution is 0.0708. The van der Waals surface area contributed by atoms with Gasteiger partial charge < -0.3 is 9.64 Å². The molecule has 1 amide bonds. The van der Waals surface area contributed by atoms with Crippen LogP contribution in [0.1, 0.15) is 46.1 Å². The number of methoxy groups -OCH3 is 1. The fraction of sp³-hybridized carbons (Fsp3) is 0.333. The van der Waals surface area contributed by atoms with Crippen LogP contribution in [-0.2, 0) is 0 Å². The van der Waals surface area contributed by atoms with Crippen LogP contribution >= 0.6 is 0 Å². The molecule has 1 saturated heterocycles. The van der Waals surface area contributed by atoms with Crippen molar-refractivity contribution >= 4 is 5.91 Å². The van der Waals surface area contributed by atoms with Crippen LogP contribution in [0.3, 0.4) is 0 Å². The first kappa shape index (κ1) is 20.1. The number of carbonyl (C=O) groups excluding carboxylic acids is 1. The third kappa shape index (κ3) is 3.82. The number of ether oxygens (including phenoxy) is 1. The molecule has 3 aromatic rings. The van der Waals surface area contributed by atoms with Crippen LogP contribution < -0.4 is 4.74 Å². The Labute approximate surface area is 176 Å². The Balaban J connectivity index is 1.52. The zero-order chi connectivity index (χ0) is 21.3. The number of para-hydroxylation sites is 1. The largest absolute Gasteiger partial charge is 0.496 e. The molecule has 0 saturated carbocycles. The van der Waals surface area contributed by atoms with Gasteiger partial charge >= 0.3 is 0 Å². The summed E-state index contributed by atoms with van der Waals surface area (Å²) in [6.07, 6.45) is 1.71. The van der Waals surface area contributed by atoms with Crippen LogP contribution in [-0.4, -0.2) is 40.8 Å². The number of piperidine rings is 1. The topological polar surface area (TPSA) is 47.4 Å². The molecule has 2 heterocycles. The van der Waals surface area contributed by atoms with Crippen LogP contribution in [0, 0.1) is 19.7 Å². The molecule has 0 atom stereocenters. The highest BCUT2D eigenvalue weighted by molar-refractivity contribution is 5.97. The molecular formula is C24H26FN3O2. The fourth-order valence-corrected chi connectivity index (χ4v) is 4.19. The quantitative estimate of drug-likeness (QED) is 0.632. The molecule has 1 aromatic heterocycles. The predicted molar refractivity (Wildman–Crippen MR) is 114 cm³/mol. The number of likely N-dealkylation sites (tertiary alicyclic amines) is 1. The second-order valence-electron chi connectivity index (χ2n) is 7.82. The Morgan fingerprint density at radius 2 is 1.83 bits per heavy atom. The van der Waals surface area contributed by atoms with E-state index in [1.165, 1.54) is 36.6 Å². The summed E-state index contributed by atoms with van der Waals surface area (Å²) in [5.41, 5.74) is 4.85. The van der Waals surface area contributed by atoms with Crippen molar-refractivity contribution in [3.05, 3.63) is 76.9 Å². The van der Waals surface area contributed by atoms with Gasteiger partial charge in [0.1, 0.15) is 11.6 Å². The van der Waals surface area contributed by atoms with Gasteiger partial charge in [0.2, 0.25) is 0 Å². The molecule has 0 unspecified atom stereocenters. The van der Waals surface area contributed by atoms with E-state index in [1.807, 2.05) is 24.0 Å². The molecule has 0 radical (unpaired) electrons. The minimum Gasteiger partial charge on any atom is -0.496 e. The van der Waals surface area contributed by atoms with Gasteiger partial charge in [-0.1, -0.05) is 18.2 Å². The number of hydrogen-bond acceptors (Lipinski definition) is 3. The minimum absolute atomic E-state index is 0.117. The maximum atomic E-state index is 13.5. The molecule has 1 aliphatic rings. The maximum absolute atomic E-state index is 13.5. The van der Waals surface area contributed by atoms with Gasteiger partial charge in [-0.2, -0.15) is 5.10 Å². The van der Waals surface area contributed by atoms with Gasteiger partial charge in [0, 0.05) is 30.8 Å². The summed E-state index contributed by atoms with van der Waals surface area (Å²) < 4.78 is 20.7. The molecule has 1 aliphatic heterocycles. The number of amides is 1. The normalized spacial score (nSPS) is 14.7. The first-order valence-electron chi connectivity index (χ1n) is 10.2. The number of halogens is 1. The molecule has 0 bridgehead atoms. The molecule has 2 aromatic carbocycles. The van der Waals surface area contributed by atoms with E-state index in [0.717, 1.165) is 24.2 Å². The lowest BCUT2D eigenvalue weighted by Gasteiger charge is -2.32. The first-order chi connectivity index (χ1) is 14.5. The second-order valence-corrected chi connectivity index (χ2v) is 7.82. The lowest BCUT2D eigenvalue weighted by Crippen LogP contribution is -2.38. The van der Waals surface area contributed by atoms with E-state index >= 15 is 0 Å². The highest BCUT2D eigenvalue weighted by Crippen LogP contribution is 2.32. The van der Waals surface area contributed by atoms with Gasteiger partial charge in [-0.05, 0) is 56.5 Å². The zero-order valence-corrected chi connectivity index (χ0v) is 17.6. The number of hydrogen-bond donors (Lipinski definition) is 0. The molecule has 0 N–H and O–H groups in total. The molecule has 30 heavy (non-hydrogen) atoms. The molecule has 156 valence electrons. The Morgan fingerprint density at radius 1 is 1.10 bits per heavy atom. The first-order valence-corrected chi connectivity index (χ1v) is 10.2. The van der Waals surface area contributed by atoms with Crippen molar-refractivity contribution in [2.75, 3.05) is 20.2 Å². The van der Waals surface area contributed by atoms with E-state index in [4.69, 9.17) is 9.84 Å². The Bertz CT molecular complexity index is 1070. The van der Waals surface area contributed by atoms with E-state index in [2.05, 4.69) is 29.8 Å². The summed E-state index contributed by atoms with van der Waals surface area (Å²) in [5.74, 6) is 0.0659. The number of nitrogens with zero attached hydrogens (tertiary/aromatic N) is 3. The van der Waals surface area contributed by atoms with E-state index in [-0.39, 0.29) is 11.7 Å². The van der Waals surface area contributed by atoms with Crippen LogP contribution in [0.25, 0.3) is 5.69 Å². The lowest BCUT2D eigenvalue weighted by atomic mass is 9.92. The number of benzene rings is 2. The average molecular weight is 407 g/mol. The monoisotopic (exact) mass is 407 g/mol. The highest BCUT2D eigenvalue weighted by atomic mass is 19.1. The summed E-state index contributed by atoms with van der Waals surface area (Å²) in [5, 5.41) is 4.73. The smallest absolute Gasteiger partial charge is 0.257 e. The summed E-state index contributed by atoms with van der Waals surface area (Å²) in [4.78, 5) is 14.8. The number of rotatable bonds is 4. The number of aromatic nitrogens is 2. The highest BCUT2D eigenvalue weighted by Gasteiger charge is 2.28. The van der Waals surface area contributed by atoms with Crippen molar-refractivity contribution in [1.29, 1.82) is 0 Å². The molecule has 4 rings (SSSR count). The van der Waals surface area contributed by atoms with Crippen molar-refractivity contribution in [2.24, 2.45) is 0 Å². The second kappa shape index (κ2) is 8.30. The van der Waals surface area contributed by atoms with Crippen LogP contribution in [0.4, 0.5) is 4.39 Å². The summed E-state index contributed by atoms with van der Waals surface area (Å²) in [6, 6.07) is 14.4. The van der Waals surface area contributed by atoms with Crippen molar-refractivity contribution in [2.45, 2.75) is 32.6 Å². The standard InChI is InChI=1S/C24H26FN3O2/c1-16-6-4-5-7-21(16)28-22(14-17(2)26-28)18-10-12-27(13-11-18)24(29)20-9-8-19(25)15-23(20)30-3/h4-9,14-15,18H,10-13H2,1-3H3. The summed E-state index contributed by atoms with van der Waals surface area (Å²) in [7, 11) is 1.45. The Kier molecular flexibility index (Phi) is 5.57. The van der Waals surface area contributed by atoms with Gasteiger partial charge in [-0.25, -0.2) is 9.07 Å². The van der Waals surface area contributed by atoms with E-state index in [1.54, 1.807) is 0 Å². The van der Waals surface area contributed by atoms with Gasteiger partial charge in [-0.15, -0.1) is 0 Å². The third-order valence-electron chi connectivity index (χ3n) is 5.80. The molecule has 5 nitrogen and oxygen atoms in total. The molecule has 6 heteroatoms. The summed E-state index contributed by atoms with van der Waals surface area (Å²) in [6.45, 7) is 5.38. The zero-order valence-electron chi connectivity index (χ0n) is 17.6. The van der Waals surface area contributed by atoms with Gasteiger partial charge in [0.25, 0.3) is 5.91 Å². The maximum Gasteiger partial charge on any atom is 0.257 e. The minimum atomic E-state index is -0.415. The van der Waals surface area contributed by atoms with E-state index < -0.39 is 5.82 Å². The van der Waals surface area contributed by atoms with Gasteiger partial charge in [0.05, 0.1) is 24.1 Å².